The molecule has 1 aromatic carbocycles. The van der Waals surface area contributed by atoms with Crippen LogP contribution in [0.3, 0.4) is 0 Å². The molecular formula is C33H36ClF3O10. The van der Waals surface area contributed by atoms with E-state index in [-0.39, 0.29) is 21.9 Å². The number of fused-ring (bicyclic) bond motifs is 3. The molecule has 0 amide bonds. The third-order valence-electron chi connectivity index (χ3n) is 9.30. The normalized spacial score (nSPS) is 29.8. The average molecular weight is 685 g/mol. The van der Waals surface area contributed by atoms with E-state index >= 15 is 0 Å². The predicted molar refractivity (Wildman–Crippen MR) is 160 cm³/mol. The number of carbonyl (C=O) groups excluding carboxylic acids is 2. The fourth-order valence-corrected chi connectivity index (χ4v) is 6.54. The van der Waals surface area contributed by atoms with Gasteiger partial charge in [0.2, 0.25) is 5.78 Å². The second-order valence-corrected chi connectivity index (χ2v) is 12.5. The summed E-state index contributed by atoms with van der Waals surface area (Å²) in [5.74, 6) is -10.9. The van der Waals surface area contributed by atoms with Crippen LogP contribution in [-0.4, -0.2) is 69.9 Å². The van der Waals surface area contributed by atoms with Crippen LogP contribution in [0.15, 0.2) is 76.8 Å². The molecule has 0 aromatic heterocycles. The van der Waals surface area contributed by atoms with E-state index in [0.717, 1.165) is 19.2 Å². The van der Waals surface area contributed by atoms with Crippen LogP contribution < -0.4 is 0 Å². The van der Waals surface area contributed by atoms with Crippen LogP contribution in [0.2, 0.25) is 0 Å². The van der Waals surface area contributed by atoms with Gasteiger partial charge in [-0.1, -0.05) is 61.9 Å². The Labute approximate surface area is 274 Å². The van der Waals surface area contributed by atoms with Crippen molar-refractivity contribution in [3.8, 4) is 0 Å². The summed E-state index contributed by atoms with van der Waals surface area (Å²) in [6, 6.07) is 6.41. The van der Waals surface area contributed by atoms with Gasteiger partial charge in [-0.2, -0.15) is 13.2 Å². The number of halogens is 4. The van der Waals surface area contributed by atoms with Gasteiger partial charge in [-0.3, -0.25) is 9.59 Å². The van der Waals surface area contributed by atoms with Crippen molar-refractivity contribution >= 4 is 29.3 Å². The fourth-order valence-electron chi connectivity index (χ4n) is 6.19. The lowest BCUT2D eigenvalue weighted by molar-refractivity contribution is -0.278. The smallest absolute Gasteiger partial charge is 0.432 e. The molecule has 3 unspecified atom stereocenters. The number of hydrogen-bond acceptors (Lipinski definition) is 9. The maximum Gasteiger partial charge on any atom is 0.432 e. The SMILES string of the molecule is CO[C@](C(=O)O[C@H](C)[C@H](C)/C=C/C1=CC2=C(Cl)C(=O)[C@@]3(C)OC(O)(C(C)C(C)O)[C@@H](C(=O)O)[C@H]3C2=CO1)(c1ccccc1)C(F)(F)F. The number of esters is 1. The maximum absolute atomic E-state index is 14.3. The molecule has 9 atom stereocenters. The maximum atomic E-state index is 14.3. The van der Waals surface area contributed by atoms with Crippen LogP contribution in [0.25, 0.3) is 0 Å². The Bertz CT molecular complexity index is 1550. The molecule has 256 valence electrons. The molecule has 2 heterocycles. The highest BCUT2D eigenvalue weighted by Crippen LogP contribution is 2.58. The van der Waals surface area contributed by atoms with Gasteiger partial charge in [0.15, 0.2) is 5.79 Å². The number of hydrogen-bond donors (Lipinski definition) is 3. The minimum Gasteiger partial charge on any atom is -0.481 e. The largest absolute Gasteiger partial charge is 0.481 e. The van der Waals surface area contributed by atoms with Gasteiger partial charge in [0.25, 0.3) is 5.60 Å². The Morgan fingerprint density at radius 1 is 1.13 bits per heavy atom. The molecule has 10 nitrogen and oxygen atoms in total. The Morgan fingerprint density at radius 2 is 1.74 bits per heavy atom. The zero-order chi connectivity index (χ0) is 35.3. The van der Waals surface area contributed by atoms with Crippen molar-refractivity contribution in [3.63, 3.8) is 0 Å². The van der Waals surface area contributed by atoms with E-state index in [0.29, 0.717) is 0 Å². The summed E-state index contributed by atoms with van der Waals surface area (Å²) >= 11 is 6.48. The van der Waals surface area contributed by atoms with Crippen LogP contribution in [0.4, 0.5) is 13.2 Å². The van der Waals surface area contributed by atoms with Crippen molar-refractivity contribution < 1.29 is 61.8 Å². The number of carboxylic acids is 1. The number of carboxylic acid groups (broad SMARTS) is 1. The zero-order valence-corrected chi connectivity index (χ0v) is 27.1. The highest BCUT2D eigenvalue weighted by atomic mass is 35.5. The number of methoxy groups -OCH3 is 1. The van der Waals surface area contributed by atoms with Crippen molar-refractivity contribution in [1.29, 1.82) is 0 Å². The third-order valence-corrected chi connectivity index (χ3v) is 9.68. The molecule has 3 N–H and O–H groups in total. The molecular weight excluding hydrogens is 649 g/mol. The lowest BCUT2D eigenvalue weighted by atomic mass is 9.66. The first-order chi connectivity index (χ1) is 21.8. The molecule has 1 aromatic rings. The highest BCUT2D eigenvalue weighted by molar-refractivity contribution is 6.45. The summed E-state index contributed by atoms with van der Waals surface area (Å²) < 4.78 is 64.4. The summed E-state index contributed by atoms with van der Waals surface area (Å²) in [4.78, 5) is 39.1. The molecule has 0 radical (unpaired) electrons. The van der Waals surface area contributed by atoms with Crippen molar-refractivity contribution in [2.75, 3.05) is 7.11 Å². The number of aliphatic hydroxyl groups excluding tert-OH is 1. The van der Waals surface area contributed by atoms with Gasteiger partial charge >= 0.3 is 18.1 Å². The number of ketones is 1. The summed E-state index contributed by atoms with van der Waals surface area (Å²) in [6.07, 6.45) is -1.92. The minimum absolute atomic E-state index is 0.118. The van der Waals surface area contributed by atoms with Crippen LogP contribution >= 0.6 is 11.6 Å². The Morgan fingerprint density at radius 3 is 2.28 bits per heavy atom. The predicted octanol–water partition coefficient (Wildman–Crippen LogP) is 4.90. The first-order valence-corrected chi connectivity index (χ1v) is 15.1. The van der Waals surface area contributed by atoms with E-state index < -0.39 is 82.3 Å². The second kappa shape index (κ2) is 12.8. The Kier molecular flexibility index (Phi) is 9.94. The highest BCUT2D eigenvalue weighted by Gasteiger charge is 2.71. The van der Waals surface area contributed by atoms with Crippen LogP contribution in [-0.2, 0) is 38.9 Å². The monoisotopic (exact) mass is 684 g/mol. The van der Waals surface area contributed by atoms with Crippen molar-refractivity contribution in [1.82, 2.24) is 0 Å². The first kappa shape index (κ1) is 36.3. The number of rotatable bonds is 10. The molecule has 4 rings (SSSR count). The first-order valence-electron chi connectivity index (χ1n) is 14.7. The lowest BCUT2D eigenvalue weighted by Gasteiger charge is -2.37. The van der Waals surface area contributed by atoms with E-state index in [1.54, 1.807) is 6.92 Å². The number of allylic oxidation sites excluding steroid dienone is 3. The summed E-state index contributed by atoms with van der Waals surface area (Å²) in [5, 5.41) is 31.5. The van der Waals surface area contributed by atoms with E-state index in [4.69, 9.17) is 30.5 Å². The number of benzene rings is 1. The summed E-state index contributed by atoms with van der Waals surface area (Å²) in [7, 11) is 0.771. The van der Waals surface area contributed by atoms with E-state index in [9.17, 15) is 42.9 Å². The van der Waals surface area contributed by atoms with Gasteiger partial charge in [-0.15, -0.1) is 0 Å². The van der Waals surface area contributed by atoms with Gasteiger partial charge in [-0.05, 0) is 32.9 Å². The number of alkyl halides is 3. The van der Waals surface area contributed by atoms with Gasteiger partial charge in [0.1, 0.15) is 23.4 Å². The quantitative estimate of drug-likeness (QED) is 0.291. The fraction of sp³-hybridized carbons (Fsp3) is 0.485. The van der Waals surface area contributed by atoms with Crippen molar-refractivity contribution in [2.45, 2.75) is 70.0 Å². The number of aliphatic carboxylic acids is 1. The summed E-state index contributed by atoms with van der Waals surface area (Å²) in [5.41, 5.74) is -5.41. The summed E-state index contributed by atoms with van der Waals surface area (Å²) in [6.45, 7) is 7.07. The van der Waals surface area contributed by atoms with Gasteiger partial charge < -0.3 is 34.3 Å². The van der Waals surface area contributed by atoms with Crippen molar-refractivity contribution in [3.05, 3.63) is 82.3 Å². The molecule has 0 spiro atoms. The molecule has 1 saturated heterocycles. The van der Waals surface area contributed by atoms with Gasteiger partial charge in [0.05, 0.1) is 17.4 Å². The Balaban J connectivity index is 1.59. The molecule has 1 aliphatic carbocycles. The molecule has 2 aliphatic heterocycles. The molecule has 47 heavy (non-hydrogen) atoms. The molecule has 0 bridgehead atoms. The Hall–Kier alpha value is -3.49. The molecule has 14 heteroatoms. The number of ether oxygens (including phenoxy) is 4. The topological polar surface area (TPSA) is 149 Å². The zero-order valence-electron chi connectivity index (χ0n) is 26.4. The molecule has 0 saturated carbocycles. The van der Waals surface area contributed by atoms with Gasteiger partial charge in [0, 0.05) is 41.6 Å². The van der Waals surface area contributed by atoms with E-state index in [1.165, 1.54) is 70.4 Å². The number of Topliss-reactive ketones (excluding diaryl/α,β-unsaturated/α-hetero) is 1. The van der Waals surface area contributed by atoms with Crippen LogP contribution in [0.5, 0.6) is 0 Å². The standard InChI is InChI=1S/C33H36ClF3O10/c1-16(19(4)46-29(42)31(44-6,33(35,36)37)20-10-8-7-9-11-20)12-13-21-14-22-23(15-45-21)24-25(28(40)41)32(43,17(2)18(3)38)47-30(24,5)27(39)26(22)34/h7-19,24-25,38,43H,1-6H3,(H,40,41)/b13-12+/t16-,17?,18?,19-,24-,25-,30+,31+,32?/m1/s1. The van der Waals surface area contributed by atoms with Crippen molar-refractivity contribution in [2.24, 2.45) is 23.7 Å². The molecule has 3 aliphatic rings. The average Bonchev–Trinajstić information content (AvgIpc) is 3.27. The van der Waals surface area contributed by atoms with E-state index in [1.807, 2.05) is 0 Å². The second-order valence-electron chi connectivity index (χ2n) is 12.2. The lowest BCUT2D eigenvalue weighted by Crippen LogP contribution is -2.52. The number of carbonyl (C=O) groups is 3. The minimum atomic E-state index is -5.14. The van der Waals surface area contributed by atoms with Gasteiger partial charge in [-0.25, -0.2) is 4.79 Å². The van der Waals surface area contributed by atoms with Crippen LogP contribution in [0, 0.1) is 23.7 Å². The van der Waals surface area contributed by atoms with E-state index in [2.05, 4.69) is 0 Å². The van der Waals surface area contributed by atoms with Crippen LogP contribution in [0.1, 0.15) is 40.2 Å². The third kappa shape index (κ3) is 5.92. The molecule has 1 fully saturated rings. The number of aliphatic hydroxyl groups is 2.